The topological polar surface area (TPSA) is 95.5 Å². The van der Waals surface area contributed by atoms with Crippen LogP contribution < -0.4 is 0 Å². The largest absolute Gasteiger partial charge is 0.455 e. The van der Waals surface area contributed by atoms with Crippen molar-refractivity contribution in [3.8, 4) is 11.3 Å². The summed E-state index contributed by atoms with van der Waals surface area (Å²) in [6.45, 7) is 1.59. The Kier molecular flexibility index (Phi) is 5.74. The number of hydrogen-bond donors (Lipinski definition) is 0. The summed E-state index contributed by atoms with van der Waals surface area (Å²) in [5.41, 5.74) is 1.63. The molecule has 0 saturated heterocycles. The van der Waals surface area contributed by atoms with Crippen LogP contribution in [0.4, 0.5) is 10.1 Å². The number of thioether (sulfide) groups is 1. The van der Waals surface area contributed by atoms with Crippen LogP contribution in [0.2, 0.25) is 0 Å². The van der Waals surface area contributed by atoms with Crippen molar-refractivity contribution in [2.24, 2.45) is 0 Å². The zero-order chi connectivity index (χ0) is 20.3. The molecule has 1 aromatic heterocycles. The molecular formula is C19H15FN2O5S. The molecule has 3 rings (SSSR count). The summed E-state index contributed by atoms with van der Waals surface area (Å²) in [7, 11) is 0. The molecule has 0 radical (unpaired) electrons. The second kappa shape index (κ2) is 8.22. The second-order valence-corrected chi connectivity index (χ2v) is 6.66. The van der Waals surface area contributed by atoms with Gasteiger partial charge in [-0.2, -0.15) is 0 Å². The first-order chi connectivity index (χ1) is 13.4. The van der Waals surface area contributed by atoms with E-state index in [1.54, 1.807) is 25.3 Å². The first-order valence-corrected chi connectivity index (χ1v) is 9.34. The molecule has 0 aliphatic carbocycles. The van der Waals surface area contributed by atoms with Gasteiger partial charge in [-0.3, -0.25) is 10.1 Å². The Balaban J connectivity index is 1.74. The normalized spacial score (nSPS) is 10.7. The standard InChI is InChI=1S/C19H15FN2O5S/c1-11-15(21-27-18(11)12-3-6-14(20)7-4-12)10-26-19(23)13-5-8-17(28-2)16(9-13)22(24)25/h3-9H,10H2,1-2H3. The van der Waals surface area contributed by atoms with E-state index in [0.29, 0.717) is 27.5 Å². The van der Waals surface area contributed by atoms with E-state index in [2.05, 4.69) is 5.16 Å². The maximum absolute atomic E-state index is 13.1. The number of esters is 1. The highest BCUT2D eigenvalue weighted by Gasteiger charge is 2.20. The number of hydrogen-bond acceptors (Lipinski definition) is 7. The quantitative estimate of drug-likeness (QED) is 0.253. The molecule has 0 atom stereocenters. The zero-order valence-corrected chi connectivity index (χ0v) is 15.8. The van der Waals surface area contributed by atoms with Crippen molar-refractivity contribution in [2.75, 3.05) is 6.26 Å². The van der Waals surface area contributed by atoms with E-state index in [9.17, 15) is 19.3 Å². The van der Waals surface area contributed by atoms with E-state index in [0.717, 1.165) is 0 Å². The van der Waals surface area contributed by atoms with Crippen molar-refractivity contribution in [2.45, 2.75) is 18.4 Å². The summed E-state index contributed by atoms with van der Waals surface area (Å²) in [6.07, 6.45) is 1.71. The Hall–Kier alpha value is -3.20. The maximum atomic E-state index is 13.1. The van der Waals surface area contributed by atoms with Gasteiger partial charge in [-0.15, -0.1) is 11.8 Å². The molecule has 0 bridgehead atoms. The van der Waals surface area contributed by atoms with Crippen LogP contribution in [0.3, 0.4) is 0 Å². The molecular weight excluding hydrogens is 387 g/mol. The smallest absolute Gasteiger partial charge is 0.338 e. The first kappa shape index (κ1) is 19.6. The summed E-state index contributed by atoms with van der Waals surface area (Å²) in [5, 5.41) is 15.0. The van der Waals surface area contributed by atoms with Crippen LogP contribution in [0, 0.1) is 22.9 Å². The molecule has 0 saturated carbocycles. The Morgan fingerprint density at radius 1 is 1.29 bits per heavy atom. The van der Waals surface area contributed by atoms with Crippen LogP contribution in [0.5, 0.6) is 0 Å². The Labute approximate surface area is 163 Å². The minimum atomic E-state index is -0.707. The molecule has 0 amide bonds. The number of nitro groups is 1. The Morgan fingerprint density at radius 3 is 2.64 bits per heavy atom. The third-order valence-electron chi connectivity index (χ3n) is 4.08. The number of rotatable bonds is 6. The molecule has 0 aliphatic rings. The molecule has 0 fully saturated rings. The number of nitrogens with zero attached hydrogens (tertiary/aromatic N) is 2. The van der Waals surface area contributed by atoms with Crippen LogP contribution in [-0.4, -0.2) is 22.3 Å². The highest BCUT2D eigenvalue weighted by atomic mass is 32.2. The van der Waals surface area contributed by atoms with Gasteiger partial charge in [0, 0.05) is 17.2 Å². The van der Waals surface area contributed by atoms with Gasteiger partial charge < -0.3 is 9.26 Å². The van der Waals surface area contributed by atoms with Gasteiger partial charge in [0.2, 0.25) is 0 Å². The van der Waals surface area contributed by atoms with Gasteiger partial charge in [-0.25, -0.2) is 9.18 Å². The number of halogens is 1. The van der Waals surface area contributed by atoms with Gasteiger partial charge in [0.1, 0.15) is 18.1 Å². The van der Waals surface area contributed by atoms with E-state index in [-0.39, 0.29) is 23.7 Å². The number of nitro benzene ring substituents is 1. The lowest BCUT2D eigenvalue weighted by Crippen LogP contribution is -2.07. The fourth-order valence-electron chi connectivity index (χ4n) is 2.55. The van der Waals surface area contributed by atoms with E-state index >= 15 is 0 Å². The lowest BCUT2D eigenvalue weighted by atomic mass is 10.1. The predicted molar refractivity (Wildman–Crippen MR) is 101 cm³/mol. The summed E-state index contributed by atoms with van der Waals surface area (Å²) < 4.78 is 23.6. The van der Waals surface area contributed by atoms with Crippen molar-refractivity contribution in [1.82, 2.24) is 5.16 Å². The predicted octanol–water partition coefficient (Wildman–Crippen LogP) is 4.78. The number of benzene rings is 2. The van der Waals surface area contributed by atoms with E-state index in [1.165, 1.54) is 42.1 Å². The first-order valence-electron chi connectivity index (χ1n) is 8.11. The number of aromatic nitrogens is 1. The molecule has 3 aromatic rings. The van der Waals surface area contributed by atoms with Gasteiger partial charge in [-0.1, -0.05) is 5.16 Å². The van der Waals surface area contributed by atoms with E-state index in [4.69, 9.17) is 9.26 Å². The SMILES string of the molecule is CSc1ccc(C(=O)OCc2noc(-c3ccc(F)cc3)c2C)cc1[N+](=O)[O-]. The minimum absolute atomic E-state index is 0.0735. The molecule has 2 aromatic carbocycles. The molecule has 1 heterocycles. The van der Waals surface area contributed by atoms with E-state index in [1.807, 2.05) is 0 Å². The maximum Gasteiger partial charge on any atom is 0.338 e. The summed E-state index contributed by atoms with van der Waals surface area (Å²) in [5.74, 6) is -0.621. The second-order valence-electron chi connectivity index (χ2n) is 5.81. The third kappa shape index (κ3) is 4.04. The molecule has 144 valence electrons. The van der Waals surface area contributed by atoms with E-state index < -0.39 is 10.9 Å². The Morgan fingerprint density at radius 2 is 2.00 bits per heavy atom. The molecule has 9 heteroatoms. The molecule has 0 N–H and O–H groups in total. The van der Waals surface area contributed by atoms with Crippen LogP contribution in [0.25, 0.3) is 11.3 Å². The van der Waals surface area contributed by atoms with Crippen molar-refractivity contribution in [3.05, 3.63) is 75.2 Å². The van der Waals surface area contributed by atoms with Crippen molar-refractivity contribution in [3.63, 3.8) is 0 Å². The van der Waals surface area contributed by atoms with Gasteiger partial charge in [0.25, 0.3) is 5.69 Å². The average molecular weight is 402 g/mol. The van der Waals surface area contributed by atoms with Crippen LogP contribution in [0.15, 0.2) is 51.9 Å². The number of carbonyl (C=O) groups excluding carboxylic acids is 1. The molecule has 7 nitrogen and oxygen atoms in total. The fraction of sp³-hybridized carbons (Fsp3) is 0.158. The van der Waals surface area contributed by atoms with Crippen LogP contribution >= 0.6 is 11.8 Å². The third-order valence-corrected chi connectivity index (χ3v) is 4.86. The lowest BCUT2D eigenvalue weighted by Gasteiger charge is -2.05. The highest BCUT2D eigenvalue weighted by Crippen LogP contribution is 2.29. The van der Waals surface area contributed by atoms with Crippen LogP contribution in [0.1, 0.15) is 21.6 Å². The van der Waals surface area contributed by atoms with Crippen molar-refractivity contribution < 1.29 is 23.4 Å². The molecule has 28 heavy (non-hydrogen) atoms. The minimum Gasteiger partial charge on any atom is -0.455 e. The molecule has 0 unspecified atom stereocenters. The van der Waals surface area contributed by atoms with Gasteiger partial charge in [0.05, 0.1) is 15.4 Å². The fourth-order valence-corrected chi connectivity index (χ4v) is 3.10. The zero-order valence-electron chi connectivity index (χ0n) is 15.0. The Bertz CT molecular complexity index is 1030. The van der Waals surface area contributed by atoms with Gasteiger partial charge >= 0.3 is 5.97 Å². The summed E-state index contributed by atoms with van der Waals surface area (Å²) >= 11 is 1.22. The molecule has 0 spiro atoms. The summed E-state index contributed by atoms with van der Waals surface area (Å²) in [4.78, 5) is 23.3. The molecule has 0 aliphatic heterocycles. The van der Waals surface area contributed by atoms with Crippen LogP contribution in [-0.2, 0) is 11.3 Å². The number of carbonyl (C=O) groups is 1. The number of ether oxygens (including phenoxy) is 1. The lowest BCUT2D eigenvalue weighted by molar-refractivity contribution is -0.387. The van der Waals surface area contributed by atoms with Crippen molar-refractivity contribution >= 4 is 23.4 Å². The monoisotopic (exact) mass is 402 g/mol. The van der Waals surface area contributed by atoms with Crippen molar-refractivity contribution in [1.29, 1.82) is 0 Å². The van der Waals surface area contributed by atoms with Gasteiger partial charge in [-0.05, 0) is 49.6 Å². The average Bonchev–Trinajstić information content (AvgIpc) is 3.06. The summed E-state index contributed by atoms with van der Waals surface area (Å²) in [6, 6.07) is 9.91. The van der Waals surface area contributed by atoms with Gasteiger partial charge in [0.15, 0.2) is 5.76 Å². The highest BCUT2D eigenvalue weighted by molar-refractivity contribution is 7.98.